The van der Waals surface area contributed by atoms with Gasteiger partial charge in [0.15, 0.2) is 0 Å². The van der Waals surface area contributed by atoms with Gasteiger partial charge >= 0.3 is 0 Å². The molecule has 0 heterocycles. The van der Waals surface area contributed by atoms with Gasteiger partial charge in [-0.3, -0.25) is 4.79 Å². The van der Waals surface area contributed by atoms with Crippen molar-refractivity contribution < 1.29 is 4.79 Å². The lowest BCUT2D eigenvalue weighted by Crippen LogP contribution is -2.19. The fourth-order valence-electron chi connectivity index (χ4n) is 3.33. The Morgan fingerprint density at radius 2 is 1.81 bits per heavy atom. The van der Waals surface area contributed by atoms with Crippen molar-refractivity contribution in [1.29, 1.82) is 0 Å². The summed E-state index contributed by atoms with van der Waals surface area (Å²) < 4.78 is 0. The minimum Gasteiger partial charge on any atom is -0.355 e. The van der Waals surface area contributed by atoms with Crippen LogP contribution < -0.4 is 5.32 Å². The number of benzene rings is 3. The summed E-state index contributed by atoms with van der Waals surface area (Å²) in [6, 6.07) is 18.7. The summed E-state index contributed by atoms with van der Waals surface area (Å²) in [5.41, 5.74) is 5.72. The third-order valence-electron chi connectivity index (χ3n) is 4.28. The molecular weight excluding hydrogens is 258 g/mol. The topological polar surface area (TPSA) is 29.1 Å². The predicted octanol–water partition coefficient (Wildman–Crippen LogP) is 3.77. The van der Waals surface area contributed by atoms with Crippen molar-refractivity contribution in [3.05, 3.63) is 71.3 Å². The van der Waals surface area contributed by atoms with Gasteiger partial charge in [0.25, 0.3) is 5.91 Å². The van der Waals surface area contributed by atoms with E-state index in [1.807, 2.05) is 12.1 Å². The van der Waals surface area contributed by atoms with Gasteiger partial charge in [0.05, 0.1) is 0 Å². The Balaban J connectivity index is 2.14. The Hall–Kier alpha value is -2.61. The largest absolute Gasteiger partial charge is 0.355 e. The quantitative estimate of drug-likeness (QED) is 0.562. The van der Waals surface area contributed by atoms with Crippen molar-refractivity contribution in [2.24, 2.45) is 0 Å². The van der Waals surface area contributed by atoms with Crippen molar-refractivity contribution in [3.63, 3.8) is 0 Å². The van der Waals surface area contributed by atoms with Crippen LogP contribution in [0.15, 0.2) is 54.6 Å². The van der Waals surface area contributed by atoms with Crippen molar-refractivity contribution >= 4 is 16.7 Å². The van der Waals surface area contributed by atoms with Crippen molar-refractivity contribution in [3.8, 4) is 11.1 Å². The number of hydrogen-bond acceptors (Lipinski definition) is 1. The molecule has 1 aliphatic rings. The van der Waals surface area contributed by atoms with Gasteiger partial charge in [-0.2, -0.15) is 0 Å². The Labute approximate surface area is 123 Å². The molecule has 0 atom stereocenters. The van der Waals surface area contributed by atoms with Crippen LogP contribution in [-0.4, -0.2) is 13.0 Å². The summed E-state index contributed by atoms with van der Waals surface area (Å²) >= 11 is 0. The number of nitrogens with one attached hydrogen (secondary N) is 1. The van der Waals surface area contributed by atoms with Gasteiger partial charge in [-0.25, -0.2) is 0 Å². The van der Waals surface area contributed by atoms with E-state index in [2.05, 4.69) is 47.8 Å². The molecule has 4 rings (SSSR count). The van der Waals surface area contributed by atoms with E-state index in [9.17, 15) is 4.79 Å². The van der Waals surface area contributed by atoms with Crippen LogP contribution in [0, 0.1) is 0 Å². The van der Waals surface area contributed by atoms with Crippen LogP contribution in [-0.2, 0) is 6.42 Å². The van der Waals surface area contributed by atoms with Crippen LogP contribution in [0.5, 0.6) is 0 Å². The van der Waals surface area contributed by atoms with Crippen LogP contribution in [0.25, 0.3) is 21.9 Å². The van der Waals surface area contributed by atoms with Gasteiger partial charge in [0.1, 0.15) is 0 Å². The van der Waals surface area contributed by atoms with Crippen LogP contribution in [0.3, 0.4) is 0 Å². The number of rotatable bonds is 1. The first-order valence-corrected chi connectivity index (χ1v) is 7.14. The van der Waals surface area contributed by atoms with Crippen LogP contribution in [0.1, 0.15) is 21.5 Å². The van der Waals surface area contributed by atoms with Crippen molar-refractivity contribution in [2.75, 3.05) is 7.05 Å². The maximum atomic E-state index is 12.3. The molecule has 0 aromatic heterocycles. The minimum atomic E-state index is -0.00944. The van der Waals surface area contributed by atoms with Crippen LogP contribution in [0.2, 0.25) is 0 Å². The SMILES string of the molecule is CNC(=O)c1cc2ccccc2c2c1Cc1ccccc1-2. The number of carbonyl (C=O) groups is 1. The lowest BCUT2D eigenvalue weighted by Gasteiger charge is -2.11. The summed E-state index contributed by atoms with van der Waals surface area (Å²) in [6.45, 7) is 0. The first-order valence-electron chi connectivity index (χ1n) is 7.14. The fraction of sp³-hybridized carbons (Fsp3) is 0.105. The number of amides is 1. The van der Waals surface area contributed by atoms with E-state index in [0.717, 1.165) is 22.9 Å². The predicted molar refractivity (Wildman–Crippen MR) is 85.6 cm³/mol. The van der Waals surface area contributed by atoms with Crippen molar-refractivity contribution in [2.45, 2.75) is 6.42 Å². The standard InChI is InChI=1S/C19H15NO/c1-20-19(21)17-11-13-7-3-5-9-15(13)18-14-8-4-2-6-12(14)10-16(17)18/h2-9,11H,10H2,1H3,(H,20,21). The highest BCUT2D eigenvalue weighted by atomic mass is 16.1. The highest BCUT2D eigenvalue weighted by molar-refractivity contribution is 6.08. The zero-order chi connectivity index (χ0) is 14.4. The molecule has 3 aromatic carbocycles. The summed E-state index contributed by atoms with van der Waals surface area (Å²) in [7, 11) is 1.69. The average molecular weight is 273 g/mol. The number of hydrogen-bond donors (Lipinski definition) is 1. The first kappa shape index (κ1) is 12.2. The average Bonchev–Trinajstić information content (AvgIpc) is 2.93. The van der Waals surface area contributed by atoms with E-state index < -0.39 is 0 Å². The maximum Gasteiger partial charge on any atom is 0.251 e. The molecule has 0 bridgehead atoms. The number of carbonyl (C=O) groups excluding carboxylic acids is 1. The zero-order valence-corrected chi connectivity index (χ0v) is 11.8. The smallest absolute Gasteiger partial charge is 0.251 e. The molecule has 0 spiro atoms. The molecule has 1 amide bonds. The molecular formula is C19H15NO. The van der Waals surface area contributed by atoms with Gasteiger partial charge in [0.2, 0.25) is 0 Å². The Bertz CT molecular complexity index is 880. The highest BCUT2D eigenvalue weighted by Gasteiger charge is 2.25. The molecule has 2 heteroatoms. The zero-order valence-electron chi connectivity index (χ0n) is 11.8. The molecule has 0 fully saturated rings. The molecule has 0 aliphatic heterocycles. The molecule has 0 radical (unpaired) electrons. The third-order valence-corrected chi connectivity index (χ3v) is 4.28. The van der Waals surface area contributed by atoms with Crippen LogP contribution >= 0.6 is 0 Å². The molecule has 0 saturated heterocycles. The molecule has 21 heavy (non-hydrogen) atoms. The Morgan fingerprint density at radius 3 is 2.67 bits per heavy atom. The Morgan fingerprint density at radius 1 is 1.05 bits per heavy atom. The lowest BCUT2D eigenvalue weighted by atomic mass is 9.93. The van der Waals surface area contributed by atoms with Gasteiger partial charge in [-0.15, -0.1) is 0 Å². The molecule has 2 nitrogen and oxygen atoms in total. The van der Waals surface area contributed by atoms with Gasteiger partial charge in [0, 0.05) is 12.6 Å². The molecule has 0 saturated carbocycles. The highest BCUT2D eigenvalue weighted by Crippen LogP contribution is 2.42. The maximum absolute atomic E-state index is 12.3. The van der Waals surface area contributed by atoms with Gasteiger partial charge < -0.3 is 5.32 Å². The summed E-state index contributed by atoms with van der Waals surface area (Å²) in [5.74, 6) is -0.00944. The third kappa shape index (κ3) is 1.69. The lowest BCUT2D eigenvalue weighted by molar-refractivity contribution is 0.0962. The molecule has 1 aliphatic carbocycles. The van der Waals surface area contributed by atoms with Crippen LogP contribution in [0.4, 0.5) is 0 Å². The summed E-state index contributed by atoms with van der Waals surface area (Å²) in [5, 5.41) is 5.11. The van der Waals surface area contributed by atoms with Gasteiger partial charge in [-0.05, 0) is 45.5 Å². The second-order valence-corrected chi connectivity index (χ2v) is 5.41. The second kappa shape index (κ2) is 4.45. The van der Waals surface area contributed by atoms with E-state index in [-0.39, 0.29) is 5.91 Å². The monoisotopic (exact) mass is 273 g/mol. The minimum absolute atomic E-state index is 0.00944. The first-order chi connectivity index (χ1) is 10.3. The van der Waals surface area contributed by atoms with Gasteiger partial charge in [-0.1, -0.05) is 48.5 Å². The molecule has 0 unspecified atom stereocenters. The second-order valence-electron chi connectivity index (χ2n) is 5.41. The summed E-state index contributed by atoms with van der Waals surface area (Å²) in [4.78, 5) is 12.3. The van der Waals surface area contributed by atoms with E-state index >= 15 is 0 Å². The Kier molecular flexibility index (Phi) is 2.58. The van der Waals surface area contributed by atoms with E-state index in [1.54, 1.807) is 7.05 Å². The molecule has 1 N–H and O–H groups in total. The van der Waals surface area contributed by atoms with E-state index in [1.165, 1.54) is 22.1 Å². The van der Waals surface area contributed by atoms with Crippen molar-refractivity contribution in [1.82, 2.24) is 5.32 Å². The molecule has 3 aromatic rings. The van der Waals surface area contributed by atoms with E-state index in [0.29, 0.717) is 0 Å². The summed E-state index contributed by atoms with van der Waals surface area (Å²) in [6.07, 6.45) is 0.832. The molecule has 102 valence electrons. The number of fused-ring (bicyclic) bond motifs is 5. The fourth-order valence-corrected chi connectivity index (χ4v) is 3.33. The van der Waals surface area contributed by atoms with E-state index in [4.69, 9.17) is 0 Å². The normalized spacial score (nSPS) is 12.0.